The minimum absolute atomic E-state index is 0.419. The van der Waals surface area contributed by atoms with Crippen molar-refractivity contribution >= 4 is 28.6 Å². The van der Waals surface area contributed by atoms with E-state index in [1.165, 1.54) is 6.33 Å². The Morgan fingerprint density at radius 2 is 2.10 bits per heavy atom. The van der Waals surface area contributed by atoms with E-state index in [9.17, 15) is 0 Å². The molecular weight excluding hydrogens is 274 g/mol. The third-order valence-electron chi connectivity index (χ3n) is 3.24. The number of benzene rings is 1. The van der Waals surface area contributed by atoms with E-state index < -0.39 is 0 Å². The Morgan fingerprint density at radius 1 is 1.30 bits per heavy atom. The maximum absolute atomic E-state index is 6.11. The molecule has 5 nitrogen and oxygen atoms in total. The van der Waals surface area contributed by atoms with Crippen LogP contribution >= 0.6 is 11.6 Å². The van der Waals surface area contributed by atoms with Crippen molar-refractivity contribution in [1.29, 1.82) is 0 Å². The van der Waals surface area contributed by atoms with E-state index in [4.69, 9.17) is 23.1 Å². The standard InChI is InChI=1S/C14H13ClN5/c1-2-8-6-20-13(14(17)18-7-19-20)12(8)9-3-4-11(16)10(15)5-9/h3-7H,1-2,16H2,(H2,17,18,19). The van der Waals surface area contributed by atoms with Gasteiger partial charge in [-0.05, 0) is 36.6 Å². The Labute approximate surface area is 121 Å². The lowest BCUT2D eigenvalue weighted by Crippen LogP contribution is -1.98. The van der Waals surface area contributed by atoms with Gasteiger partial charge < -0.3 is 11.5 Å². The summed E-state index contributed by atoms with van der Waals surface area (Å²) in [4.78, 5) is 4.05. The molecule has 0 amide bonds. The van der Waals surface area contributed by atoms with Crippen LogP contribution in [0.25, 0.3) is 16.6 Å². The number of fused-ring (bicyclic) bond motifs is 1. The third kappa shape index (κ3) is 1.87. The van der Waals surface area contributed by atoms with Crippen LogP contribution in [-0.2, 0) is 6.42 Å². The summed E-state index contributed by atoms with van der Waals surface area (Å²) in [7, 11) is 0. The minimum atomic E-state index is 0.419. The van der Waals surface area contributed by atoms with Gasteiger partial charge in [0.25, 0.3) is 0 Å². The maximum Gasteiger partial charge on any atom is 0.151 e. The largest absolute Gasteiger partial charge is 0.398 e. The van der Waals surface area contributed by atoms with Crippen molar-refractivity contribution in [2.45, 2.75) is 6.42 Å². The Balaban J connectivity index is 2.36. The number of anilines is 2. The minimum Gasteiger partial charge on any atom is -0.398 e. The van der Waals surface area contributed by atoms with Crippen molar-refractivity contribution in [3.63, 3.8) is 0 Å². The topological polar surface area (TPSA) is 82.2 Å². The first-order valence-corrected chi connectivity index (χ1v) is 6.45. The van der Waals surface area contributed by atoms with Crippen LogP contribution in [0.1, 0.15) is 5.56 Å². The van der Waals surface area contributed by atoms with Gasteiger partial charge in [-0.2, -0.15) is 5.10 Å². The highest BCUT2D eigenvalue weighted by atomic mass is 35.5. The fraction of sp³-hybridized carbons (Fsp3) is 0.0714. The predicted molar refractivity (Wildman–Crippen MR) is 81.3 cm³/mol. The molecule has 0 saturated carbocycles. The molecule has 0 aliphatic carbocycles. The molecule has 20 heavy (non-hydrogen) atoms. The van der Waals surface area contributed by atoms with Crippen LogP contribution in [0, 0.1) is 6.92 Å². The molecule has 0 aliphatic heterocycles. The smallest absolute Gasteiger partial charge is 0.151 e. The molecule has 0 bridgehead atoms. The van der Waals surface area contributed by atoms with Gasteiger partial charge in [-0.15, -0.1) is 0 Å². The molecule has 3 rings (SSSR count). The Bertz CT molecular complexity index is 794. The van der Waals surface area contributed by atoms with Crippen molar-refractivity contribution in [2.75, 3.05) is 11.5 Å². The summed E-state index contributed by atoms with van der Waals surface area (Å²) in [5.41, 5.74) is 15.9. The van der Waals surface area contributed by atoms with E-state index in [1.54, 1.807) is 10.6 Å². The first kappa shape index (κ1) is 12.7. The molecule has 0 fully saturated rings. The maximum atomic E-state index is 6.11. The zero-order valence-electron chi connectivity index (χ0n) is 10.7. The van der Waals surface area contributed by atoms with Crippen LogP contribution in [0.4, 0.5) is 11.5 Å². The van der Waals surface area contributed by atoms with Crippen LogP contribution in [0.3, 0.4) is 0 Å². The monoisotopic (exact) mass is 286 g/mol. The SMILES string of the molecule is [CH2]Cc1cn2ncnc(N)c2c1-c1ccc(N)c(Cl)c1. The highest BCUT2D eigenvalue weighted by Gasteiger charge is 2.16. The lowest BCUT2D eigenvalue weighted by Gasteiger charge is -2.06. The summed E-state index contributed by atoms with van der Waals surface area (Å²) in [6.07, 6.45) is 3.94. The summed E-state index contributed by atoms with van der Waals surface area (Å²) in [6.45, 7) is 3.95. The van der Waals surface area contributed by atoms with E-state index in [0.717, 1.165) is 22.2 Å². The van der Waals surface area contributed by atoms with Gasteiger partial charge in [0.05, 0.1) is 10.7 Å². The number of rotatable bonds is 2. The highest BCUT2D eigenvalue weighted by Crippen LogP contribution is 2.35. The molecule has 2 heterocycles. The van der Waals surface area contributed by atoms with Crippen molar-refractivity contribution in [3.8, 4) is 11.1 Å². The second-order valence-corrected chi connectivity index (χ2v) is 4.86. The molecule has 3 aromatic rings. The summed E-state index contributed by atoms with van der Waals surface area (Å²) in [5.74, 6) is 0.419. The van der Waals surface area contributed by atoms with Gasteiger partial charge in [-0.1, -0.05) is 17.7 Å². The molecule has 2 aromatic heterocycles. The number of aromatic nitrogens is 3. The molecule has 101 valence electrons. The molecule has 1 radical (unpaired) electrons. The second kappa shape index (κ2) is 4.68. The van der Waals surface area contributed by atoms with Crippen LogP contribution in [0.2, 0.25) is 5.02 Å². The molecule has 0 saturated heterocycles. The normalized spacial score (nSPS) is 11.1. The van der Waals surface area contributed by atoms with Gasteiger partial charge in [-0.25, -0.2) is 9.50 Å². The van der Waals surface area contributed by atoms with Crippen molar-refractivity contribution < 1.29 is 0 Å². The second-order valence-electron chi connectivity index (χ2n) is 4.45. The Kier molecular flexibility index (Phi) is 2.99. The third-order valence-corrected chi connectivity index (χ3v) is 3.57. The number of halogens is 1. The highest BCUT2D eigenvalue weighted by molar-refractivity contribution is 6.33. The molecule has 0 spiro atoms. The van der Waals surface area contributed by atoms with Crippen LogP contribution < -0.4 is 11.5 Å². The fourth-order valence-corrected chi connectivity index (χ4v) is 2.46. The summed E-state index contributed by atoms with van der Waals surface area (Å²) in [6, 6.07) is 5.49. The van der Waals surface area contributed by atoms with E-state index >= 15 is 0 Å². The van der Waals surface area contributed by atoms with Gasteiger partial charge in [0.15, 0.2) is 5.82 Å². The van der Waals surface area contributed by atoms with E-state index in [2.05, 4.69) is 17.0 Å². The first-order valence-electron chi connectivity index (χ1n) is 6.07. The van der Waals surface area contributed by atoms with Crippen LogP contribution in [0.15, 0.2) is 30.7 Å². The average molecular weight is 287 g/mol. The Hall–Kier alpha value is -2.27. The quantitative estimate of drug-likeness (QED) is 0.709. The number of nitrogens with zero attached hydrogens (tertiary/aromatic N) is 3. The zero-order valence-corrected chi connectivity index (χ0v) is 11.4. The van der Waals surface area contributed by atoms with E-state index in [0.29, 0.717) is 22.9 Å². The molecule has 0 aliphatic rings. The molecule has 0 unspecified atom stereocenters. The first-order chi connectivity index (χ1) is 9.61. The van der Waals surface area contributed by atoms with Crippen LogP contribution in [-0.4, -0.2) is 14.6 Å². The summed E-state index contributed by atoms with van der Waals surface area (Å²) >= 11 is 6.11. The van der Waals surface area contributed by atoms with E-state index in [1.807, 2.05) is 18.3 Å². The fourth-order valence-electron chi connectivity index (χ4n) is 2.28. The summed E-state index contributed by atoms with van der Waals surface area (Å²) < 4.78 is 1.71. The summed E-state index contributed by atoms with van der Waals surface area (Å²) in [5, 5.41) is 4.68. The molecule has 1 aromatic carbocycles. The van der Waals surface area contributed by atoms with Crippen molar-refractivity contribution in [1.82, 2.24) is 14.6 Å². The van der Waals surface area contributed by atoms with Crippen LogP contribution in [0.5, 0.6) is 0 Å². The lowest BCUT2D eigenvalue weighted by molar-refractivity contribution is 0.903. The molecular formula is C14H13ClN5. The van der Waals surface area contributed by atoms with Crippen molar-refractivity contribution in [2.24, 2.45) is 0 Å². The number of nitrogen functional groups attached to an aromatic ring is 2. The number of hydrogen-bond acceptors (Lipinski definition) is 4. The number of nitrogens with two attached hydrogens (primary N) is 2. The number of hydrogen-bond donors (Lipinski definition) is 2. The zero-order chi connectivity index (χ0) is 14.3. The van der Waals surface area contributed by atoms with Gasteiger partial charge in [0.2, 0.25) is 0 Å². The Morgan fingerprint density at radius 3 is 2.80 bits per heavy atom. The molecule has 4 N–H and O–H groups in total. The molecule has 6 heteroatoms. The van der Waals surface area contributed by atoms with Crippen molar-refractivity contribution in [3.05, 3.63) is 48.2 Å². The van der Waals surface area contributed by atoms with Gasteiger partial charge in [0.1, 0.15) is 11.8 Å². The lowest BCUT2D eigenvalue weighted by atomic mass is 10.0. The van der Waals surface area contributed by atoms with Gasteiger partial charge in [-0.3, -0.25) is 0 Å². The van der Waals surface area contributed by atoms with E-state index in [-0.39, 0.29) is 0 Å². The molecule has 0 atom stereocenters. The van der Waals surface area contributed by atoms with Gasteiger partial charge in [0, 0.05) is 11.8 Å². The average Bonchev–Trinajstić information content (AvgIpc) is 2.82. The van der Waals surface area contributed by atoms with Gasteiger partial charge >= 0.3 is 0 Å². The predicted octanol–water partition coefficient (Wildman–Crippen LogP) is 2.59.